The largest absolute Gasteiger partial charge is 0.334 e. The maximum absolute atomic E-state index is 12.6. The lowest BCUT2D eigenvalue weighted by Crippen LogP contribution is -2.41. The second kappa shape index (κ2) is 7.99. The average molecular weight is 328 g/mol. The SMILES string of the molecule is Cc1cccc(CNC(=O)N(Cc2cnn(C)c2)CC(C)C)c1C. The van der Waals surface area contributed by atoms with Crippen molar-refractivity contribution in [3.05, 3.63) is 52.8 Å². The molecule has 0 aliphatic heterocycles. The van der Waals surface area contributed by atoms with Crippen molar-refractivity contribution in [2.24, 2.45) is 13.0 Å². The number of amides is 2. The van der Waals surface area contributed by atoms with Crippen LogP contribution in [0.25, 0.3) is 0 Å². The van der Waals surface area contributed by atoms with Gasteiger partial charge in [-0.05, 0) is 36.5 Å². The van der Waals surface area contributed by atoms with Crippen molar-refractivity contribution in [1.82, 2.24) is 20.0 Å². The number of rotatable bonds is 6. The maximum atomic E-state index is 12.6. The van der Waals surface area contributed by atoms with E-state index in [0.717, 1.165) is 11.1 Å². The second-order valence-corrected chi connectivity index (χ2v) is 6.81. The molecule has 0 fully saturated rings. The lowest BCUT2D eigenvalue weighted by atomic mass is 10.0. The highest BCUT2D eigenvalue weighted by Crippen LogP contribution is 2.13. The quantitative estimate of drug-likeness (QED) is 0.883. The zero-order valence-corrected chi connectivity index (χ0v) is 15.3. The number of hydrogen-bond acceptors (Lipinski definition) is 2. The second-order valence-electron chi connectivity index (χ2n) is 6.81. The van der Waals surface area contributed by atoms with Crippen LogP contribution in [0.3, 0.4) is 0 Å². The number of nitrogens with zero attached hydrogens (tertiary/aromatic N) is 3. The summed E-state index contributed by atoms with van der Waals surface area (Å²) in [5.41, 5.74) is 4.69. The van der Waals surface area contributed by atoms with E-state index in [2.05, 4.69) is 50.2 Å². The molecule has 2 aromatic rings. The van der Waals surface area contributed by atoms with E-state index >= 15 is 0 Å². The fourth-order valence-electron chi connectivity index (χ4n) is 2.72. The molecule has 5 nitrogen and oxygen atoms in total. The number of nitrogens with one attached hydrogen (secondary N) is 1. The lowest BCUT2D eigenvalue weighted by Gasteiger charge is -2.24. The first-order chi connectivity index (χ1) is 11.4. The van der Waals surface area contributed by atoms with Crippen LogP contribution in [0.1, 0.15) is 36.1 Å². The molecule has 0 unspecified atom stereocenters. The topological polar surface area (TPSA) is 50.2 Å². The standard InChI is InChI=1S/C19H28N4O/c1-14(2)11-23(13-17-9-21-22(5)12-17)19(24)20-10-18-8-6-7-15(3)16(18)4/h6-9,12,14H,10-11,13H2,1-5H3,(H,20,24). The highest BCUT2D eigenvalue weighted by molar-refractivity contribution is 5.74. The van der Waals surface area contributed by atoms with Gasteiger partial charge in [-0.2, -0.15) is 5.10 Å². The fraction of sp³-hybridized carbons (Fsp3) is 0.474. The van der Waals surface area contributed by atoms with Crippen molar-refractivity contribution in [2.45, 2.75) is 40.8 Å². The molecule has 0 aliphatic rings. The molecule has 0 spiro atoms. The molecular formula is C19H28N4O. The van der Waals surface area contributed by atoms with Crippen LogP contribution in [0.15, 0.2) is 30.6 Å². The Labute approximate surface area is 144 Å². The maximum Gasteiger partial charge on any atom is 0.317 e. The summed E-state index contributed by atoms with van der Waals surface area (Å²) in [6, 6.07) is 6.16. The number of carbonyl (C=O) groups is 1. The molecular weight excluding hydrogens is 300 g/mol. The summed E-state index contributed by atoms with van der Waals surface area (Å²) in [5.74, 6) is 0.410. The van der Waals surface area contributed by atoms with E-state index in [9.17, 15) is 4.79 Å². The molecule has 1 heterocycles. The third kappa shape index (κ3) is 4.85. The van der Waals surface area contributed by atoms with E-state index < -0.39 is 0 Å². The molecule has 2 amide bonds. The van der Waals surface area contributed by atoms with E-state index in [0.29, 0.717) is 25.6 Å². The number of urea groups is 1. The van der Waals surface area contributed by atoms with Gasteiger partial charge in [0, 0.05) is 31.9 Å². The molecule has 1 aromatic heterocycles. The van der Waals surface area contributed by atoms with Gasteiger partial charge in [-0.1, -0.05) is 32.0 Å². The van der Waals surface area contributed by atoms with Gasteiger partial charge >= 0.3 is 6.03 Å². The molecule has 0 aliphatic carbocycles. The Balaban J connectivity index is 2.02. The third-order valence-electron chi connectivity index (χ3n) is 4.15. The number of aromatic nitrogens is 2. The van der Waals surface area contributed by atoms with Crippen LogP contribution in [-0.4, -0.2) is 27.3 Å². The molecule has 24 heavy (non-hydrogen) atoms. The number of carbonyl (C=O) groups excluding carboxylic acids is 1. The summed E-state index contributed by atoms with van der Waals surface area (Å²) in [4.78, 5) is 14.5. The zero-order chi connectivity index (χ0) is 17.7. The normalized spacial score (nSPS) is 10.9. The summed E-state index contributed by atoms with van der Waals surface area (Å²) in [6.07, 6.45) is 3.76. The average Bonchev–Trinajstić information content (AvgIpc) is 2.92. The van der Waals surface area contributed by atoms with Crippen LogP contribution in [0.2, 0.25) is 0 Å². The summed E-state index contributed by atoms with van der Waals surface area (Å²) in [5, 5.41) is 7.24. The van der Waals surface area contributed by atoms with Crippen molar-refractivity contribution in [3.63, 3.8) is 0 Å². The van der Waals surface area contributed by atoms with E-state index in [4.69, 9.17) is 0 Å². The van der Waals surface area contributed by atoms with Crippen LogP contribution >= 0.6 is 0 Å². The smallest absolute Gasteiger partial charge is 0.317 e. The Kier molecular flexibility index (Phi) is 6.01. The van der Waals surface area contributed by atoms with Crippen LogP contribution in [0.4, 0.5) is 4.79 Å². The van der Waals surface area contributed by atoms with E-state index in [-0.39, 0.29) is 6.03 Å². The first kappa shape index (κ1) is 18.0. The lowest BCUT2D eigenvalue weighted by molar-refractivity contribution is 0.187. The summed E-state index contributed by atoms with van der Waals surface area (Å²) in [7, 11) is 1.89. The van der Waals surface area contributed by atoms with Gasteiger partial charge in [-0.15, -0.1) is 0 Å². The van der Waals surface area contributed by atoms with Crippen LogP contribution < -0.4 is 5.32 Å². The van der Waals surface area contributed by atoms with Crippen LogP contribution in [-0.2, 0) is 20.1 Å². The highest BCUT2D eigenvalue weighted by atomic mass is 16.2. The molecule has 5 heteroatoms. The molecule has 0 saturated carbocycles. The van der Waals surface area contributed by atoms with E-state index in [1.54, 1.807) is 4.68 Å². The van der Waals surface area contributed by atoms with Gasteiger partial charge in [0.15, 0.2) is 0 Å². The van der Waals surface area contributed by atoms with Crippen molar-refractivity contribution in [2.75, 3.05) is 6.54 Å². The minimum atomic E-state index is -0.0338. The molecule has 2 rings (SSSR count). The first-order valence-electron chi connectivity index (χ1n) is 8.42. The summed E-state index contributed by atoms with van der Waals surface area (Å²) >= 11 is 0. The third-order valence-corrected chi connectivity index (χ3v) is 4.15. The van der Waals surface area contributed by atoms with Crippen LogP contribution in [0, 0.1) is 19.8 Å². The van der Waals surface area contributed by atoms with Crippen molar-refractivity contribution in [1.29, 1.82) is 0 Å². The Bertz CT molecular complexity index is 690. The van der Waals surface area contributed by atoms with Crippen molar-refractivity contribution < 1.29 is 4.79 Å². The van der Waals surface area contributed by atoms with Crippen LogP contribution in [0.5, 0.6) is 0 Å². The van der Waals surface area contributed by atoms with Gasteiger partial charge in [0.2, 0.25) is 0 Å². The minimum absolute atomic E-state index is 0.0338. The predicted molar refractivity (Wildman–Crippen MR) is 96.6 cm³/mol. The molecule has 0 atom stereocenters. The zero-order valence-electron chi connectivity index (χ0n) is 15.3. The number of benzene rings is 1. The number of hydrogen-bond donors (Lipinski definition) is 1. The summed E-state index contributed by atoms with van der Waals surface area (Å²) in [6.45, 7) is 10.3. The Morgan fingerprint density at radius 3 is 2.71 bits per heavy atom. The van der Waals surface area contributed by atoms with Gasteiger partial charge in [-0.25, -0.2) is 4.79 Å². The predicted octanol–water partition coefficient (Wildman–Crippen LogP) is 3.40. The van der Waals surface area contributed by atoms with E-state index in [1.807, 2.05) is 30.4 Å². The Morgan fingerprint density at radius 1 is 1.33 bits per heavy atom. The van der Waals surface area contributed by atoms with Crippen molar-refractivity contribution in [3.8, 4) is 0 Å². The van der Waals surface area contributed by atoms with Gasteiger partial charge < -0.3 is 10.2 Å². The molecule has 0 bridgehead atoms. The number of aryl methyl sites for hydroxylation is 2. The van der Waals surface area contributed by atoms with Gasteiger partial charge in [0.25, 0.3) is 0 Å². The van der Waals surface area contributed by atoms with E-state index in [1.165, 1.54) is 11.1 Å². The van der Waals surface area contributed by atoms with Gasteiger partial charge in [0.05, 0.1) is 12.7 Å². The minimum Gasteiger partial charge on any atom is -0.334 e. The van der Waals surface area contributed by atoms with Gasteiger partial charge in [0.1, 0.15) is 0 Å². The molecule has 1 N–H and O–H groups in total. The Morgan fingerprint density at radius 2 is 2.08 bits per heavy atom. The fourth-order valence-corrected chi connectivity index (χ4v) is 2.72. The molecule has 1 aromatic carbocycles. The first-order valence-corrected chi connectivity index (χ1v) is 8.42. The molecule has 0 saturated heterocycles. The monoisotopic (exact) mass is 328 g/mol. The Hall–Kier alpha value is -2.30. The molecule has 0 radical (unpaired) electrons. The summed E-state index contributed by atoms with van der Waals surface area (Å²) < 4.78 is 1.76. The molecule has 130 valence electrons. The van der Waals surface area contributed by atoms with Gasteiger partial charge in [-0.3, -0.25) is 4.68 Å². The highest BCUT2D eigenvalue weighted by Gasteiger charge is 2.16. The van der Waals surface area contributed by atoms with Crippen molar-refractivity contribution >= 4 is 6.03 Å².